The number of nitrogens with one attached hydrogen (secondary N) is 1. The van der Waals surface area contributed by atoms with E-state index >= 15 is 0 Å². The third-order valence-corrected chi connectivity index (χ3v) is 6.01. The lowest BCUT2D eigenvalue weighted by molar-refractivity contribution is -0.116. The Morgan fingerprint density at radius 3 is 2.08 bits per heavy atom. The molecule has 0 spiro atoms. The van der Waals surface area contributed by atoms with Gasteiger partial charge in [-0.05, 0) is 35.9 Å². The van der Waals surface area contributed by atoms with Crippen molar-refractivity contribution in [3.63, 3.8) is 0 Å². The van der Waals surface area contributed by atoms with Gasteiger partial charge in [0, 0.05) is 12.2 Å². The Morgan fingerprint density at radius 2 is 1.54 bits per heavy atom. The first-order chi connectivity index (χ1) is 12.1. The minimum atomic E-state index is -3.64. The average molecular weight is 456 g/mol. The molecule has 0 atom stereocenters. The van der Waals surface area contributed by atoms with Crippen LogP contribution in [0, 0.1) is 0 Å². The van der Waals surface area contributed by atoms with Crippen molar-refractivity contribution in [2.45, 2.75) is 6.54 Å². The fourth-order valence-corrected chi connectivity index (χ4v) is 3.42. The first kappa shape index (κ1) is 21.3. The lowest BCUT2D eigenvalue weighted by atomic mass is 10.2. The van der Waals surface area contributed by atoms with Gasteiger partial charge in [0.25, 0.3) is 0 Å². The molecule has 0 aliphatic heterocycles. The van der Waals surface area contributed by atoms with Crippen LogP contribution in [0.1, 0.15) is 5.56 Å². The van der Waals surface area contributed by atoms with E-state index in [1.54, 1.807) is 24.3 Å². The van der Waals surface area contributed by atoms with E-state index in [0.29, 0.717) is 26.3 Å². The van der Waals surface area contributed by atoms with Crippen molar-refractivity contribution in [3.8, 4) is 0 Å². The molecule has 0 aliphatic rings. The summed E-state index contributed by atoms with van der Waals surface area (Å²) < 4.78 is 25.1. The Balaban J connectivity index is 2.13. The number of carbonyl (C=O) groups is 1. The van der Waals surface area contributed by atoms with E-state index in [4.69, 9.17) is 46.4 Å². The van der Waals surface area contributed by atoms with Crippen LogP contribution in [0.5, 0.6) is 0 Å². The molecule has 0 saturated carbocycles. The molecule has 140 valence electrons. The highest BCUT2D eigenvalue weighted by Gasteiger charge is 2.21. The molecule has 2 rings (SSSR count). The number of carbonyl (C=O) groups excluding carboxylic acids is 1. The zero-order valence-electron chi connectivity index (χ0n) is 13.5. The van der Waals surface area contributed by atoms with Gasteiger partial charge in [-0.15, -0.1) is 0 Å². The molecule has 0 fully saturated rings. The smallest absolute Gasteiger partial charge is 0.239 e. The SMILES string of the molecule is CS(=O)(=O)N(CC(=O)Nc1ccc(Cl)c(Cl)c1)Cc1ccc(Cl)c(Cl)c1. The standard InChI is InChI=1S/C16H14Cl4N2O3S/c1-26(24,25)22(8-10-2-4-12(17)14(19)6-10)9-16(23)21-11-3-5-13(18)15(20)7-11/h2-7H,8-9H2,1H3,(H,21,23). The van der Waals surface area contributed by atoms with Gasteiger partial charge in [-0.3, -0.25) is 4.79 Å². The summed E-state index contributed by atoms with van der Waals surface area (Å²) in [7, 11) is -3.64. The number of nitrogens with zero attached hydrogens (tertiary/aromatic N) is 1. The summed E-state index contributed by atoms with van der Waals surface area (Å²) in [4.78, 5) is 12.2. The molecule has 0 bridgehead atoms. The highest BCUT2D eigenvalue weighted by Crippen LogP contribution is 2.25. The predicted molar refractivity (Wildman–Crippen MR) is 107 cm³/mol. The minimum absolute atomic E-state index is 0.0233. The second-order valence-corrected chi connectivity index (χ2v) is 9.07. The molecule has 0 aromatic heterocycles. The lowest BCUT2D eigenvalue weighted by Gasteiger charge is -2.20. The van der Waals surface area contributed by atoms with Crippen LogP contribution in [0.4, 0.5) is 5.69 Å². The number of sulfonamides is 1. The van der Waals surface area contributed by atoms with E-state index in [0.717, 1.165) is 10.6 Å². The highest BCUT2D eigenvalue weighted by molar-refractivity contribution is 7.88. The van der Waals surface area contributed by atoms with E-state index in [2.05, 4.69) is 5.32 Å². The maximum atomic E-state index is 12.2. The number of amides is 1. The molecule has 1 N–H and O–H groups in total. The Morgan fingerprint density at radius 1 is 0.962 bits per heavy atom. The molecule has 26 heavy (non-hydrogen) atoms. The molecule has 1 amide bonds. The summed E-state index contributed by atoms with van der Waals surface area (Å²) in [6.07, 6.45) is 1.02. The fourth-order valence-electron chi connectivity index (χ4n) is 2.07. The maximum absolute atomic E-state index is 12.2. The Hall–Kier alpha value is -1.02. The van der Waals surface area contributed by atoms with Crippen LogP contribution in [0.15, 0.2) is 36.4 Å². The van der Waals surface area contributed by atoms with Crippen LogP contribution in [0.2, 0.25) is 20.1 Å². The molecule has 0 heterocycles. The summed E-state index contributed by atoms with van der Waals surface area (Å²) in [5.41, 5.74) is 1.01. The first-order valence-corrected chi connectivity index (χ1v) is 10.6. The van der Waals surface area contributed by atoms with Gasteiger partial charge in [-0.1, -0.05) is 52.5 Å². The van der Waals surface area contributed by atoms with Crippen molar-refractivity contribution >= 4 is 68.0 Å². The van der Waals surface area contributed by atoms with Gasteiger partial charge in [-0.2, -0.15) is 4.31 Å². The van der Waals surface area contributed by atoms with Crippen molar-refractivity contribution in [1.29, 1.82) is 0 Å². The quantitative estimate of drug-likeness (QED) is 0.686. The van der Waals surface area contributed by atoms with Gasteiger partial charge in [-0.25, -0.2) is 8.42 Å². The van der Waals surface area contributed by atoms with Crippen molar-refractivity contribution in [2.24, 2.45) is 0 Å². The molecule has 10 heteroatoms. The summed E-state index contributed by atoms with van der Waals surface area (Å²) >= 11 is 23.5. The highest BCUT2D eigenvalue weighted by atomic mass is 35.5. The molecule has 0 radical (unpaired) electrons. The number of rotatable bonds is 6. The molecule has 0 aliphatic carbocycles. The first-order valence-electron chi connectivity index (χ1n) is 7.20. The third-order valence-electron chi connectivity index (χ3n) is 3.34. The molecule has 0 unspecified atom stereocenters. The molecule has 2 aromatic rings. The average Bonchev–Trinajstić information content (AvgIpc) is 2.53. The number of halogens is 4. The van der Waals surface area contributed by atoms with E-state index < -0.39 is 15.9 Å². The zero-order chi connectivity index (χ0) is 19.5. The van der Waals surface area contributed by atoms with Crippen LogP contribution >= 0.6 is 46.4 Å². The van der Waals surface area contributed by atoms with Crippen molar-refractivity contribution in [2.75, 3.05) is 18.1 Å². The second-order valence-electron chi connectivity index (χ2n) is 5.46. The van der Waals surface area contributed by atoms with E-state index in [-0.39, 0.29) is 18.1 Å². The number of anilines is 1. The number of hydrogen-bond donors (Lipinski definition) is 1. The molecule has 0 saturated heterocycles. The van der Waals surface area contributed by atoms with Crippen LogP contribution < -0.4 is 5.32 Å². The third kappa shape index (κ3) is 6.01. The molecule has 2 aromatic carbocycles. The topological polar surface area (TPSA) is 66.5 Å². The molecular formula is C16H14Cl4N2O3S. The van der Waals surface area contributed by atoms with E-state index in [1.807, 2.05) is 0 Å². The van der Waals surface area contributed by atoms with Gasteiger partial charge in [0.2, 0.25) is 15.9 Å². The maximum Gasteiger partial charge on any atom is 0.239 e. The lowest BCUT2D eigenvalue weighted by Crippen LogP contribution is -2.36. The van der Waals surface area contributed by atoms with Crippen LogP contribution in [-0.2, 0) is 21.4 Å². The predicted octanol–water partition coefficient (Wildman–Crippen LogP) is 4.70. The van der Waals surface area contributed by atoms with Crippen LogP contribution in [0.25, 0.3) is 0 Å². The fraction of sp³-hybridized carbons (Fsp3) is 0.188. The van der Waals surface area contributed by atoms with Gasteiger partial charge in [0.1, 0.15) is 0 Å². The Labute approximate surface area is 171 Å². The van der Waals surface area contributed by atoms with Gasteiger partial charge in [0.15, 0.2) is 0 Å². The number of hydrogen-bond acceptors (Lipinski definition) is 3. The van der Waals surface area contributed by atoms with E-state index in [1.165, 1.54) is 12.1 Å². The van der Waals surface area contributed by atoms with Crippen LogP contribution in [0.3, 0.4) is 0 Å². The van der Waals surface area contributed by atoms with Crippen LogP contribution in [-0.4, -0.2) is 31.4 Å². The van der Waals surface area contributed by atoms with Crippen molar-refractivity contribution in [1.82, 2.24) is 4.31 Å². The second kappa shape index (κ2) is 8.78. The molecular weight excluding hydrogens is 442 g/mol. The van der Waals surface area contributed by atoms with Crippen molar-refractivity contribution in [3.05, 3.63) is 62.1 Å². The number of benzene rings is 2. The Kier molecular flexibility index (Phi) is 7.19. The zero-order valence-corrected chi connectivity index (χ0v) is 17.3. The minimum Gasteiger partial charge on any atom is -0.325 e. The summed E-state index contributed by atoms with van der Waals surface area (Å²) in [6, 6.07) is 9.34. The van der Waals surface area contributed by atoms with Gasteiger partial charge < -0.3 is 5.32 Å². The largest absolute Gasteiger partial charge is 0.325 e. The van der Waals surface area contributed by atoms with Crippen molar-refractivity contribution < 1.29 is 13.2 Å². The van der Waals surface area contributed by atoms with Gasteiger partial charge in [0.05, 0.1) is 32.9 Å². The monoisotopic (exact) mass is 454 g/mol. The molecule has 5 nitrogen and oxygen atoms in total. The van der Waals surface area contributed by atoms with E-state index in [9.17, 15) is 13.2 Å². The summed E-state index contributed by atoms with van der Waals surface area (Å²) in [6.45, 7) is -0.399. The summed E-state index contributed by atoms with van der Waals surface area (Å²) in [5.74, 6) is -0.520. The normalized spacial score (nSPS) is 11.6. The van der Waals surface area contributed by atoms with Gasteiger partial charge >= 0.3 is 0 Å². The summed E-state index contributed by atoms with van der Waals surface area (Å²) in [5, 5.41) is 3.87. The Bertz CT molecular complexity index is 935.